The van der Waals surface area contributed by atoms with E-state index in [0.29, 0.717) is 11.3 Å². The zero-order valence-electron chi connectivity index (χ0n) is 12.7. The number of rotatable bonds is 3. The number of esters is 1. The molecule has 1 aliphatic heterocycles. The highest BCUT2D eigenvalue weighted by molar-refractivity contribution is 5.92. The van der Waals surface area contributed by atoms with Crippen LogP contribution >= 0.6 is 0 Å². The first-order chi connectivity index (χ1) is 10.4. The Bertz CT molecular complexity index is 647. The number of hydrogen-bond donors (Lipinski definition) is 1. The molecule has 7 nitrogen and oxygen atoms in total. The number of aliphatic hydroxyl groups is 1. The second-order valence-electron chi connectivity index (χ2n) is 4.75. The molecule has 1 amide bonds. The van der Waals surface area contributed by atoms with E-state index in [9.17, 15) is 14.7 Å². The Morgan fingerprint density at radius 2 is 2.05 bits per heavy atom. The molecule has 1 atom stereocenters. The van der Waals surface area contributed by atoms with E-state index in [1.807, 2.05) is 0 Å². The van der Waals surface area contributed by atoms with E-state index in [1.54, 1.807) is 18.2 Å². The van der Waals surface area contributed by atoms with Crippen LogP contribution in [0.4, 0.5) is 4.79 Å². The smallest absolute Gasteiger partial charge is 0.415 e. The molecular formula is C15H17NO6. The number of hydrogen-bond acceptors (Lipinski definition) is 6. The molecule has 7 heteroatoms. The van der Waals surface area contributed by atoms with Gasteiger partial charge in [-0.1, -0.05) is 12.1 Å². The zero-order chi connectivity index (χ0) is 16.4. The molecular weight excluding hydrogens is 290 g/mol. The van der Waals surface area contributed by atoms with Gasteiger partial charge in [0.1, 0.15) is 11.3 Å². The Morgan fingerprint density at radius 3 is 2.59 bits per heavy atom. The number of methoxy groups -OCH3 is 2. The quantitative estimate of drug-likeness (QED) is 0.523. The lowest BCUT2D eigenvalue weighted by Gasteiger charge is -2.34. The van der Waals surface area contributed by atoms with Gasteiger partial charge < -0.3 is 19.3 Å². The number of likely N-dealkylation sites (N-methyl/N-ethyl adjacent to an activating group) is 1. The first-order valence-electron chi connectivity index (χ1n) is 6.52. The average molecular weight is 307 g/mol. The van der Waals surface area contributed by atoms with Gasteiger partial charge >= 0.3 is 12.1 Å². The molecule has 1 aromatic carbocycles. The van der Waals surface area contributed by atoms with Crippen LogP contribution in [-0.4, -0.2) is 43.3 Å². The molecule has 1 heterocycles. The van der Waals surface area contributed by atoms with Crippen molar-refractivity contribution in [2.75, 3.05) is 21.3 Å². The Labute approximate surface area is 127 Å². The second kappa shape index (κ2) is 5.97. The highest BCUT2D eigenvalue weighted by Gasteiger charge is 2.39. The fourth-order valence-electron chi connectivity index (χ4n) is 2.41. The Morgan fingerprint density at radius 1 is 1.36 bits per heavy atom. The predicted octanol–water partition coefficient (Wildman–Crippen LogP) is 2.19. The maximum atomic E-state index is 12.1. The molecule has 118 valence electrons. The van der Waals surface area contributed by atoms with Gasteiger partial charge in [-0.15, -0.1) is 0 Å². The molecule has 22 heavy (non-hydrogen) atoms. The van der Waals surface area contributed by atoms with E-state index < -0.39 is 18.1 Å². The van der Waals surface area contributed by atoms with E-state index in [4.69, 9.17) is 14.2 Å². The molecule has 1 aromatic rings. The van der Waals surface area contributed by atoms with Gasteiger partial charge in [0, 0.05) is 12.6 Å². The first kappa shape index (κ1) is 15.7. The summed E-state index contributed by atoms with van der Waals surface area (Å²) in [5.74, 6) is -0.364. The summed E-state index contributed by atoms with van der Waals surface area (Å²) in [6.07, 6.45) is -0.662. The molecule has 0 aliphatic carbocycles. The lowest BCUT2D eigenvalue weighted by atomic mass is 9.94. The van der Waals surface area contributed by atoms with Crippen molar-refractivity contribution in [3.8, 4) is 11.5 Å². The molecule has 1 unspecified atom stereocenters. The minimum absolute atomic E-state index is 0.0313. The van der Waals surface area contributed by atoms with Gasteiger partial charge in [-0.3, -0.25) is 4.90 Å². The number of para-hydroxylation sites is 1. The summed E-state index contributed by atoms with van der Waals surface area (Å²) >= 11 is 0. The highest BCUT2D eigenvalue weighted by Crippen LogP contribution is 2.44. The number of nitrogens with zero attached hydrogens (tertiary/aromatic N) is 1. The Kier molecular flexibility index (Phi) is 4.25. The number of aliphatic hydroxyl groups excluding tert-OH is 1. The number of carbonyl (C=O) groups excluding carboxylic acids is 2. The number of amides is 1. The van der Waals surface area contributed by atoms with Crippen LogP contribution in [0.15, 0.2) is 29.5 Å². The van der Waals surface area contributed by atoms with Crippen LogP contribution in [0, 0.1) is 0 Å². The van der Waals surface area contributed by atoms with Crippen LogP contribution < -0.4 is 9.47 Å². The van der Waals surface area contributed by atoms with E-state index in [1.165, 1.54) is 33.1 Å². The monoisotopic (exact) mass is 307 g/mol. The van der Waals surface area contributed by atoms with E-state index in [-0.39, 0.29) is 17.1 Å². The SMILES string of the molecule is COC(=O)/C(=C(/C)O)C1c2cccc(OC)c2OC(=O)N1C. The minimum atomic E-state index is -0.830. The van der Waals surface area contributed by atoms with Gasteiger partial charge in [0.15, 0.2) is 11.5 Å². The van der Waals surface area contributed by atoms with Gasteiger partial charge in [0.05, 0.1) is 20.3 Å². The highest BCUT2D eigenvalue weighted by atomic mass is 16.6. The van der Waals surface area contributed by atoms with Crippen molar-refractivity contribution in [3.05, 3.63) is 35.1 Å². The number of fused-ring (bicyclic) bond motifs is 1. The van der Waals surface area contributed by atoms with Crippen LogP contribution in [0.5, 0.6) is 11.5 Å². The Balaban J connectivity index is 2.68. The van der Waals surface area contributed by atoms with Crippen LogP contribution in [0.1, 0.15) is 18.5 Å². The van der Waals surface area contributed by atoms with Crippen molar-refractivity contribution in [3.63, 3.8) is 0 Å². The lowest BCUT2D eigenvalue weighted by Crippen LogP contribution is -2.40. The van der Waals surface area contributed by atoms with Gasteiger partial charge in [-0.2, -0.15) is 0 Å². The van der Waals surface area contributed by atoms with E-state index in [2.05, 4.69) is 0 Å². The standard InChI is InChI=1S/C15H17NO6/c1-8(17)11(14(18)21-4)12-9-6-5-7-10(20-3)13(9)22-15(19)16(12)2/h5-7,12,17H,1-4H3/b11-8-. The van der Waals surface area contributed by atoms with Crippen LogP contribution in [0.3, 0.4) is 0 Å². The first-order valence-corrected chi connectivity index (χ1v) is 6.52. The van der Waals surface area contributed by atoms with E-state index in [0.717, 1.165) is 0 Å². The van der Waals surface area contributed by atoms with Crippen molar-refractivity contribution < 1.29 is 28.9 Å². The molecule has 0 radical (unpaired) electrons. The van der Waals surface area contributed by atoms with Crippen molar-refractivity contribution in [2.45, 2.75) is 13.0 Å². The molecule has 0 saturated carbocycles. The minimum Gasteiger partial charge on any atom is -0.512 e. The molecule has 0 bridgehead atoms. The summed E-state index contributed by atoms with van der Waals surface area (Å²) in [6, 6.07) is 4.21. The lowest BCUT2D eigenvalue weighted by molar-refractivity contribution is -0.137. The predicted molar refractivity (Wildman–Crippen MR) is 76.9 cm³/mol. The van der Waals surface area contributed by atoms with Crippen LogP contribution in [-0.2, 0) is 9.53 Å². The number of carbonyl (C=O) groups is 2. The maximum Gasteiger partial charge on any atom is 0.415 e. The molecule has 1 aliphatic rings. The topological polar surface area (TPSA) is 85.3 Å². The summed E-state index contributed by atoms with van der Waals surface area (Å²) in [5, 5.41) is 9.89. The van der Waals surface area contributed by atoms with Crippen molar-refractivity contribution in [2.24, 2.45) is 0 Å². The maximum absolute atomic E-state index is 12.1. The van der Waals surface area contributed by atoms with E-state index >= 15 is 0 Å². The summed E-state index contributed by atoms with van der Waals surface area (Å²) < 4.78 is 15.1. The molecule has 0 spiro atoms. The summed E-state index contributed by atoms with van der Waals surface area (Å²) in [4.78, 5) is 25.3. The fourth-order valence-corrected chi connectivity index (χ4v) is 2.41. The number of benzene rings is 1. The number of ether oxygens (including phenoxy) is 3. The summed E-state index contributed by atoms with van der Waals surface area (Å²) in [6.45, 7) is 1.36. The van der Waals surface area contributed by atoms with Gasteiger partial charge in [0.25, 0.3) is 0 Å². The summed E-state index contributed by atoms with van der Waals surface area (Å²) in [5.41, 5.74) is 0.492. The Hall–Kier alpha value is -2.70. The van der Waals surface area contributed by atoms with Crippen molar-refractivity contribution in [1.82, 2.24) is 4.90 Å². The van der Waals surface area contributed by atoms with Crippen LogP contribution in [0.25, 0.3) is 0 Å². The van der Waals surface area contributed by atoms with Crippen molar-refractivity contribution >= 4 is 12.1 Å². The second-order valence-corrected chi connectivity index (χ2v) is 4.75. The summed E-state index contributed by atoms with van der Waals surface area (Å²) in [7, 11) is 4.13. The van der Waals surface area contributed by atoms with Gasteiger partial charge in [-0.25, -0.2) is 9.59 Å². The third-order valence-electron chi connectivity index (χ3n) is 3.46. The third-order valence-corrected chi connectivity index (χ3v) is 3.46. The largest absolute Gasteiger partial charge is 0.512 e. The fraction of sp³-hybridized carbons (Fsp3) is 0.333. The van der Waals surface area contributed by atoms with Gasteiger partial charge in [0.2, 0.25) is 0 Å². The van der Waals surface area contributed by atoms with Crippen molar-refractivity contribution in [1.29, 1.82) is 0 Å². The zero-order valence-corrected chi connectivity index (χ0v) is 12.7. The molecule has 0 saturated heterocycles. The normalized spacial score (nSPS) is 18.1. The van der Waals surface area contributed by atoms with Crippen LogP contribution in [0.2, 0.25) is 0 Å². The molecule has 1 N–H and O–H groups in total. The third kappa shape index (κ3) is 2.45. The molecule has 2 rings (SSSR count). The van der Waals surface area contributed by atoms with Gasteiger partial charge in [-0.05, 0) is 13.0 Å². The number of allylic oxidation sites excluding steroid dienone is 1. The molecule has 0 aromatic heterocycles. The molecule has 0 fully saturated rings. The average Bonchev–Trinajstić information content (AvgIpc) is 2.50.